The van der Waals surface area contributed by atoms with E-state index in [1.165, 1.54) is 18.4 Å². The fourth-order valence-corrected chi connectivity index (χ4v) is 3.70. The molecule has 0 spiro atoms. The molecule has 114 valence electrons. The highest BCUT2D eigenvalue weighted by molar-refractivity contribution is 5.79. The van der Waals surface area contributed by atoms with Gasteiger partial charge in [0.15, 0.2) is 0 Å². The van der Waals surface area contributed by atoms with Crippen molar-refractivity contribution in [1.82, 2.24) is 10.2 Å². The van der Waals surface area contributed by atoms with Gasteiger partial charge in [0.25, 0.3) is 0 Å². The van der Waals surface area contributed by atoms with Crippen LogP contribution in [-0.4, -0.2) is 30.4 Å². The predicted molar refractivity (Wildman–Crippen MR) is 85.0 cm³/mol. The molecular formula is C18H26N2O. The second-order valence-electron chi connectivity index (χ2n) is 6.33. The summed E-state index contributed by atoms with van der Waals surface area (Å²) in [5.74, 6) is 0.628. The van der Waals surface area contributed by atoms with Crippen LogP contribution < -0.4 is 5.32 Å². The number of nitrogens with zero attached hydrogens (tertiary/aromatic N) is 1. The average molecular weight is 286 g/mol. The first kappa shape index (κ1) is 14.6. The van der Waals surface area contributed by atoms with Gasteiger partial charge in [0, 0.05) is 12.5 Å². The molecule has 1 atom stereocenters. The van der Waals surface area contributed by atoms with Crippen molar-refractivity contribution in [1.29, 1.82) is 0 Å². The summed E-state index contributed by atoms with van der Waals surface area (Å²) < 4.78 is 0. The molecular weight excluding hydrogens is 260 g/mol. The van der Waals surface area contributed by atoms with Crippen LogP contribution in [0.5, 0.6) is 0 Å². The van der Waals surface area contributed by atoms with Crippen molar-refractivity contribution in [3.63, 3.8) is 0 Å². The quantitative estimate of drug-likeness (QED) is 0.906. The summed E-state index contributed by atoms with van der Waals surface area (Å²) in [6, 6.07) is 10.9. The highest BCUT2D eigenvalue weighted by Crippen LogP contribution is 2.32. The average Bonchev–Trinajstić information content (AvgIpc) is 2.81. The number of nitrogens with one attached hydrogen (secondary N) is 1. The Morgan fingerprint density at radius 3 is 2.52 bits per heavy atom. The van der Waals surface area contributed by atoms with Crippen molar-refractivity contribution < 1.29 is 4.79 Å². The lowest BCUT2D eigenvalue weighted by molar-refractivity contribution is -0.138. The van der Waals surface area contributed by atoms with Gasteiger partial charge < -0.3 is 10.2 Å². The smallest absolute Gasteiger partial charge is 0.226 e. The molecule has 1 aromatic rings. The third-order valence-electron chi connectivity index (χ3n) is 4.91. The number of carbonyl (C=O) groups excluding carboxylic acids is 1. The van der Waals surface area contributed by atoms with E-state index in [0.29, 0.717) is 5.91 Å². The SMILES string of the molecule is O=C(C1CCNCC1)N1CCCCCC1c1ccccc1. The highest BCUT2D eigenvalue weighted by Gasteiger charge is 2.31. The van der Waals surface area contributed by atoms with Crippen molar-refractivity contribution in [3.05, 3.63) is 35.9 Å². The monoisotopic (exact) mass is 286 g/mol. The maximum atomic E-state index is 13.0. The first-order valence-electron chi connectivity index (χ1n) is 8.42. The first-order valence-corrected chi connectivity index (χ1v) is 8.42. The van der Waals surface area contributed by atoms with E-state index in [1.54, 1.807) is 0 Å². The molecule has 2 aliphatic rings. The van der Waals surface area contributed by atoms with E-state index in [0.717, 1.165) is 45.3 Å². The summed E-state index contributed by atoms with van der Waals surface area (Å²) in [5, 5.41) is 3.36. The minimum absolute atomic E-state index is 0.232. The Hall–Kier alpha value is -1.35. The van der Waals surface area contributed by atoms with Gasteiger partial charge >= 0.3 is 0 Å². The molecule has 21 heavy (non-hydrogen) atoms. The number of likely N-dealkylation sites (tertiary alicyclic amines) is 1. The van der Waals surface area contributed by atoms with Gasteiger partial charge in [0.2, 0.25) is 5.91 Å². The van der Waals surface area contributed by atoms with Gasteiger partial charge in [-0.25, -0.2) is 0 Å². The Bertz CT molecular complexity index is 454. The topological polar surface area (TPSA) is 32.3 Å². The number of piperidine rings is 1. The zero-order valence-electron chi connectivity index (χ0n) is 12.8. The maximum Gasteiger partial charge on any atom is 0.226 e. The van der Waals surface area contributed by atoms with Crippen LogP contribution in [0.4, 0.5) is 0 Å². The van der Waals surface area contributed by atoms with E-state index in [9.17, 15) is 4.79 Å². The molecule has 1 amide bonds. The summed E-state index contributed by atoms with van der Waals surface area (Å²) >= 11 is 0. The second-order valence-corrected chi connectivity index (χ2v) is 6.33. The minimum atomic E-state index is 0.232. The second kappa shape index (κ2) is 7.08. The van der Waals surface area contributed by atoms with E-state index in [2.05, 4.69) is 40.5 Å². The molecule has 2 fully saturated rings. The van der Waals surface area contributed by atoms with Crippen LogP contribution in [0.1, 0.15) is 50.1 Å². The molecule has 0 saturated carbocycles. The van der Waals surface area contributed by atoms with Crippen LogP contribution in [0.2, 0.25) is 0 Å². The number of rotatable bonds is 2. The van der Waals surface area contributed by atoms with Gasteiger partial charge in [-0.3, -0.25) is 4.79 Å². The van der Waals surface area contributed by atoms with E-state index in [4.69, 9.17) is 0 Å². The normalized spacial score (nSPS) is 24.6. The Balaban J connectivity index is 1.79. The largest absolute Gasteiger partial charge is 0.335 e. The number of amides is 1. The van der Waals surface area contributed by atoms with Crippen molar-refractivity contribution in [2.75, 3.05) is 19.6 Å². The minimum Gasteiger partial charge on any atom is -0.335 e. The molecule has 2 heterocycles. The number of hydrogen-bond acceptors (Lipinski definition) is 2. The Kier molecular flexibility index (Phi) is 4.91. The van der Waals surface area contributed by atoms with Crippen LogP contribution in [-0.2, 0) is 4.79 Å². The fourth-order valence-electron chi connectivity index (χ4n) is 3.70. The molecule has 3 rings (SSSR count). The van der Waals surface area contributed by atoms with Gasteiger partial charge in [0.1, 0.15) is 0 Å². The number of carbonyl (C=O) groups is 1. The number of hydrogen-bond donors (Lipinski definition) is 1. The molecule has 1 aromatic carbocycles. The van der Waals surface area contributed by atoms with Crippen LogP contribution in [0.15, 0.2) is 30.3 Å². The molecule has 2 saturated heterocycles. The standard InChI is InChI=1S/C18H26N2O/c21-18(16-10-12-19-13-11-16)20-14-6-2-5-9-17(20)15-7-3-1-4-8-15/h1,3-4,7-8,16-17,19H,2,5-6,9-14H2. The molecule has 3 nitrogen and oxygen atoms in total. The molecule has 0 aromatic heterocycles. The molecule has 3 heteroatoms. The predicted octanol–water partition coefficient (Wildman–Crippen LogP) is 3.13. The summed E-state index contributed by atoms with van der Waals surface area (Å²) in [5.41, 5.74) is 1.31. The Labute approximate surface area is 127 Å². The zero-order chi connectivity index (χ0) is 14.5. The van der Waals surface area contributed by atoms with E-state index in [1.807, 2.05) is 0 Å². The van der Waals surface area contributed by atoms with Crippen LogP contribution in [0.3, 0.4) is 0 Å². The molecule has 1 unspecified atom stereocenters. The lowest BCUT2D eigenvalue weighted by Gasteiger charge is -2.34. The van der Waals surface area contributed by atoms with Gasteiger partial charge in [0.05, 0.1) is 6.04 Å². The van der Waals surface area contributed by atoms with Crippen LogP contribution in [0, 0.1) is 5.92 Å². The van der Waals surface area contributed by atoms with E-state index < -0.39 is 0 Å². The van der Waals surface area contributed by atoms with Crippen LogP contribution >= 0.6 is 0 Å². The molecule has 0 aliphatic carbocycles. The van der Waals surface area contributed by atoms with E-state index in [-0.39, 0.29) is 12.0 Å². The van der Waals surface area contributed by atoms with Gasteiger partial charge in [-0.1, -0.05) is 43.2 Å². The fraction of sp³-hybridized carbons (Fsp3) is 0.611. The maximum absolute atomic E-state index is 13.0. The van der Waals surface area contributed by atoms with Crippen molar-refractivity contribution in [2.24, 2.45) is 5.92 Å². The van der Waals surface area contributed by atoms with Gasteiger partial charge in [-0.2, -0.15) is 0 Å². The van der Waals surface area contributed by atoms with Crippen molar-refractivity contribution in [3.8, 4) is 0 Å². The molecule has 2 aliphatic heterocycles. The first-order chi connectivity index (χ1) is 10.4. The summed E-state index contributed by atoms with van der Waals surface area (Å²) in [6.45, 7) is 2.91. The molecule has 0 bridgehead atoms. The number of benzene rings is 1. The zero-order valence-corrected chi connectivity index (χ0v) is 12.8. The summed E-state index contributed by atoms with van der Waals surface area (Å²) in [7, 11) is 0. The Morgan fingerprint density at radius 1 is 1.00 bits per heavy atom. The Morgan fingerprint density at radius 2 is 1.76 bits per heavy atom. The van der Waals surface area contributed by atoms with Crippen LogP contribution in [0.25, 0.3) is 0 Å². The lowest BCUT2D eigenvalue weighted by Crippen LogP contribution is -2.42. The van der Waals surface area contributed by atoms with Gasteiger partial charge in [-0.15, -0.1) is 0 Å². The third-order valence-corrected chi connectivity index (χ3v) is 4.91. The summed E-state index contributed by atoms with van der Waals surface area (Å²) in [4.78, 5) is 15.2. The lowest BCUT2D eigenvalue weighted by atomic mass is 9.94. The summed E-state index contributed by atoms with van der Waals surface area (Å²) in [6.07, 6.45) is 6.74. The van der Waals surface area contributed by atoms with Crippen molar-refractivity contribution >= 4 is 5.91 Å². The van der Waals surface area contributed by atoms with E-state index >= 15 is 0 Å². The highest BCUT2D eigenvalue weighted by atomic mass is 16.2. The molecule has 0 radical (unpaired) electrons. The van der Waals surface area contributed by atoms with Crippen molar-refractivity contribution in [2.45, 2.75) is 44.6 Å². The molecule has 1 N–H and O–H groups in total. The van der Waals surface area contributed by atoms with Gasteiger partial charge in [-0.05, 0) is 44.3 Å². The third kappa shape index (κ3) is 3.46.